The lowest BCUT2D eigenvalue weighted by atomic mass is 10.0. The van der Waals surface area contributed by atoms with Gasteiger partial charge in [-0.1, -0.05) is 6.07 Å². The number of pyridine rings is 1. The van der Waals surface area contributed by atoms with E-state index in [4.69, 9.17) is 5.73 Å². The quantitative estimate of drug-likeness (QED) is 0.292. The van der Waals surface area contributed by atoms with Gasteiger partial charge in [-0.15, -0.1) is 0 Å². The first-order valence-corrected chi connectivity index (χ1v) is 12.2. The molecular formula is C28H32N7O2+. The lowest BCUT2D eigenvalue weighted by Crippen LogP contribution is -2.81. The van der Waals surface area contributed by atoms with Gasteiger partial charge in [0, 0.05) is 35.1 Å². The molecule has 1 aromatic carbocycles. The van der Waals surface area contributed by atoms with Crippen LogP contribution in [0.5, 0.6) is 0 Å². The van der Waals surface area contributed by atoms with Crippen molar-refractivity contribution in [2.24, 2.45) is 11.7 Å². The predicted molar refractivity (Wildman–Crippen MR) is 144 cm³/mol. The number of benzene rings is 1. The molecule has 37 heavy (non-hydrogen) atoms. The van der Waals surface area contributed by atoms with Crippen molar-refractivity contribution in [1.29, 1.82) is 0 Å². The van der Waals surface area contributed by atoms with E-state index in [9.17, 15) is 9.59 Å². The first-order chi connectivity index (χ1) is 17.6. The fourth-order valence-electron chi connectivity index (χ4n) is 3.57. The third-order valence-corrected chi connectivity index (χ3v) is 5.82. The average molecular weight is 499 g/mol. The normalized spacial score (nSPS) is 14.0. The van der Waals surface area contributed by atoms with E-state index in [1.807, 2.05) is 64.1 Å². The van der Waals surface area contributed by atoms with Crippen molar-refractivity contribution in [3.05, 3.63) is 66.1 Å². The van der Waals surface area contributed by atoms with E-state index < -0.39 is 0 Å². The van der Waals surface area contributed by atoms with Crippen LogP contribution in [-0.2, 0) is 9.59 Å². The molecule has 1 fully saturated rings. The molecule has 5 N–H and O–H groups in total. The molecule has 0 saturated heterocycles. The summed E-state index contributed by atoms with van der Waals surface area (Å²) in [5.41, 5.74) is 10.6. The van der Waals surface area contributed by atoms with Crippen LogP contribution in [0.2, 0.25) is 0 Å². The molecule has 2 amide bonds. The average Bonchev–Trinajstić information content (AvgIpc) is 3.71. The molecule has 9 heteroatoms. The van der Waals surface area contributed by atoms with Gasteiger partial charge in [-0.3, -0.25) is 9.59 Å². The highest BCUT2D eigenvalue weighted by Crippen LogP contribution is 2.31. The van der Waals surface area contributed by atoms with E-state index in [2.05, 4.69) is 30.8 Å². The van der Waals surface area contributed by atoms with Crippen molar-refractivity contribution in [1.82, 2.24) is 15.2 Å². The number of nitrogens with zero attached hydrogens (tertiary/aromatic N) is 3. The van der Waals surface area contributed by atoms with Crippen LogP contribution < -0.4 is 21.4 Å². The molecule has 1 saturated carbocycles. The molecule has 0 spiro atoms. The van der Waals surface area contributed by atoms with Crippen molar-refractivity contribution in [3.8, 4) is 22.4 Å². The van der Waals surface area contributed by atoms with E-state index in [0.717, 1.165) is 35.1 Å². The lowest BCUT2D eigenvalue weighted by molar-refractivity contribution is -0.533. The molecule has 0 bridgehead atoms. The topological polar surface area (TPSA) is 137 Å². The highest BCUT2D eigenvalue weighted by atomic mass is 16.2. The highest BCUT2D eigenvalue weighted by Gasteiger charge is 2.29. The second-order valence-corrected chi connectivity index (χ2v) is 10.2. The Morgan fingerprint density at radius 3 is 2.57 bits per heavy atom. The van der Waals surface area contributed by atoms with Gasteiger partial charge in [0.05, 0.1) is 11.9 Å². The summed E-state index contributed by atoms with van der Waals surface area (Å²) in [5.74, 6) is 0.285. The Morgan fingerprint density at radius 2 is 1.86 bits per heavy atom. The number of aromatic nitrogens is 3. The zero-order valence-corrected chi connectivity index (χ0v) is 21.5. The summed E-state index contributed by atoms with van der Waals surface area (Å²) < 4.78 is 0. The summed E-state index contributed by atoms with van der Waals surface area (Å²) in [6, 6.07) is 11.2. The maximum Gasteiger partial charge on any atom is 0.263 e. The number of carbonyl (C=O) groups is 2. The van der Waals surface area contributed by atoms with E-state index in [0.29, 0.717) is 22.8 Å². The molecule has 0 radical (unpaired) electrons. The van der Waals surface area contributed by atoms with E-state index in [-0.39, 0.29) is 23.3 Å². The maximum absolute atomic E-state index is 12.8. The Labute approximate surface area is 216 Å². The first kappa shape index (κ1) is 25.7. The SMILES string of the molecule is Cc1ccc(NC(=O)/C(C=[NH+]C(C)(C)C)=C/N)cc1-c1cc(-c2ccnc(NC(=O)C3CC3)c2)cnn1. The van der Waals surface area contributed by atoms with Crippen molar-refractivity contribution in [2.45, 2.75) is 46.1 Å². The van der Waals surface area contributed by atoms with Gasteiger partial charge in [0.1, 0.15) is 11.4 Å². The number of nitrogens with one attached hydrogen (secondary N) is 3. The first-order valence-electron chi connectivity index (χ1n) is 12.2. The van der Waals surface area contributed by atoms with Gasteiger partial charge >= 0.3 is 0 Å². The zero-order chi connectivity index (χ0) is 26.6. The molecular weight excluding hydrogens is 466 g/mol. The van der Waals surface area contributed by atoms with Gasteiger partial charge in [-0.25, -0.2) is 9.98 Å². The molecule has 2 heterocycles. The molecule has 0 atom stereocenters. The number of rotatable bonds is 7. The van der Waals surface area contributed by atoms with Crippen LogP contribution in [0.3, 0.4) is 0 Å². The monoisotopic (exact) mass is 498 g/mol. The zero-order valence-electron chi connectivity index (χ0n) is 21.5. The molecule has 190 valence electrons. The van der Waals surface area contributed by atoms with Crippen molar-refractivity contribution < 1.29 is 14.6 Å². The molecule has 2 aromatic heterocycles. The predicted octanol–water partition coefficient (Wildman–Crippen LogP) is 2.59. The third kappa shape index (κ3) is 6.84. The van der Waals surface area contributed by atoms with Crippen LogP contribution in [0.25, 0.3) is 22.4 Å². The van der Waals surface area contributed by atoms with Gasteiger partial charge in [0.25, 0.3) is 5.91 Å². The van der Waals surface area contributed by atoms with E-state index >= 15 is 0 Å². The minimum absolute atomic E-state index is 0.00658. The summed E-state index contributed by atoms with van der Waals surface area (Å²) >= 11 is 0. The molecule has 1 aliphatic carbocycles. The standard InChI is InChI=1S/C28H31N7O2/c1-17-5-8-22(33-27(37)21(14-29)15-31-28(2,3)4)13-23(17)24-11-20(16-32-35-24)19-9-10-30-25(12-19)34-26(36)18-6-7-18/h5,8-16,18H,6-7,29H2,1-4H3,(H,33,37)(H,30,34,36)/p+1/b21-14+,31-15?. The Bertz CT molecular complexity index is 1390. The molecule has 3 aromatic rings. The van der Waals surface area contributed by atoms with Gasteiger partial charge < -0.3 is 16.4 Å². The second-order valence-electron chi connectivity index (χ2n) is 10.2. The van der Waals surface area contributed by atoms with Crippen LogP contribution >= 0.6 is 0 Å². The summed E-state index contributed by atoms with van der Waals surface area (Å²) in [6.07, 6.45) is 8.07. The largest absolute Gasteiger partial charge is 0.404 e. The molecule has 0 unspecified atom stereocenters. The maximum atomic E-state index is 12.8. The number of aryl methyl sites for hydroxylation is 1. The van der Waals surface area contributed by atoms with Crippen LogP contribution in [0.1, 0.15) is 39.2 Å². The van der Waals surface area contributed by atoms with Crippen LogP contribution in [-0.4, -0.2) is 38.7 Å². The molecule has 1 aliphatic rings. The number of hydrogen-bond donors (Lipinski definition) is 4. The number of nitrogens with two attached hydrogens (primary N) is 1. The van der Waals surface area contributed by atoms with Crippen molar-refractivity contribution in [3.63, 3.8) is 0 Å². The second kappa shape index (κ2) is 10.7. The van der Waals surface area contributed by atoms with Crippen LogP contribution in [0, 0.1) is 12.8 Å². The molecule has 0 aliphatic heterocycles. The van der Waals surface area contributed by atoms with E-state index in [1.54, 1.807) is 18.6 Å². The van der Waals surface area contributed by atoms with Gasteiger partial charge in [0.15, 0.2) is 11.8 Å². The fraction of sp³-hybridized carbons (Fsp3) is 0.286. The van der Waals surface area contributed by atoms with Gasteiger partial charge in [0.2, 0.25) is 5.91 Å². The van der Waals surface area contributed by atoms with E-state index in [1.165, 1.54) is 6.20 Å². The minimum atomic E-state index is -0.327. The lowest BCUT2D eigenvalue weighted by Gasteiger charge is -2.11. The summed E-state index contributed by atoms with van der Waals surface area (Å²) in [6.45, 7) is 7.95. The number of anilines is 2. The molecule has 9 nitrogen and oxygen atoms in total. The minimum Gasteiger partial charge on any atom is -0.404 e. The van der Waals surface area contributed by atoms with Gasteiger partial charge in [-0.2, -0.15) is 10.2 Å². The highest BCUT2D eigenvalue weighted by molar-refractivity contribution is 6.16. The van der Waals surface area contributed by atoms with Crippen LogP contribution in [0.15, 0.2) is 60.6 Å². The number of hydrogen-bond acceptors (Lipinski definition) is 6. The van der Waals surface area contributed by atoms with Crippen molar-refractivity contribution in [2.75, 3.05) is 10.6 Å². The van der Waals surface area contributed by atoms with Gasteiger partial charge in [-0.05, 0) is 82.0 Å². The Morgan fingerprint density at radius 1 is 1.08 bits per heavy atom. The number of carbonyl (C=O) groups excluding carboxylic acids is 2. The Hall–Kier alpha value is -4.40. The van der Waals surface area contributed by atoms with Crippen molar-refractivity contribution >= 4 is 29.5 Å². The Balaban J connectivity index is 1.56. The third-order valence-electron chi connectivity index (χ3n) is 5.82. The smallest absolute Gasteiger partial charge is 0.263 e. The Kier molecular flexibility index (Phi) is 7.42. The number of amides is 2. The summed E-state index contributed by atoms with van der Waals surface area (Å²) in [7, 11) is 0. The fourth-order valence-corrected chi connectivity index (χ4v) is 3.57. The summed E-state index contributed by atoms with van der Waals surface area (Å²) in [4.78, 5) is 32.3. The van der Waals surface area contributed by atoms with Crippen LogP contribution in [0.4, 0.5) is 11.5 Å². The summed E-state index contributed by atoms with van der Waals surface area (Å²) in [5, 5.41) is 14.3. The molecule has 4 rings (SSSR count).